The molecule has 0 saturated heterocycles. The molecule has 0 heterocycles. The van der Waals surface area contributed by atoms with Gasteiger partial charge in [-0.1, -0.05) is 19.1 Å². The first-order valence-electron chi connectivity index (χ1n) is 5.50. The van der Waals surface area contributed by atoms with Gasteiger partial charge in [0.25, 0.3) is 0 Å². The Bertz CT molecular complexity index is 217. The number of hydrogen-bond acceptors (Lipinski definition) is 3. The number of nitrogens with two attached hydrogens (primary N) is 1. The Labute approximate surface area is 98.0 Å². The van der Waals surface area contributed by atoms with Gasteiger partial charge in [0.15, 0.2) is 0 Å². The number of thiocarbonyl (C=S) groups is 1. The zero-order valence-corrected chi connectivity index (χ0v) is 10.8. The molecule has 0 aromatic heterocycles. The highest BCUT2D eigenvalue weighted by atomic mass is 32.1. The smallest absolute Gasteiger partial charge is 0.136 e. The van der Waals surface area contributed by atoms with E-state index in [0.717, 1.165) is 30.9 Å². The van der Waals surface area contributed by atoms with Crippen LogP contribution in [-0.4, -0.2) is 34.8 Å². The molecule has 0 aromatic rings. The molecule has 4 heteroatoms. The van der Waals surface area contributed by atoms with Crippen molar-refractivity contribution in [3.63, 3.8) is 0 Å². The fraction of sp³-hybridized carbons (Fsp3) is 0.818. The van der Waals surface area contributed by atoms with Gasteiger partial charge in [0, 0.05) is 19.1 Å². The highest BCUT2D eigenvalue weighted by Gasteiger charge is 2.10. The maximum absolute atomic E-state index is 11.0. The van der Waals surface area contributed by atoms with Gasteiger partial charge >= 0.3 is 0 Å². The van der Waals surface area contributed by atoms with Crippen molar-refractivity contribution in [2.75, 3.05) is 13.1 Å². The van der Waals surface area contributed by atoms with Crippen LogP contribution in [0.5, 0.6) is 0 Å². The minimum Gasteiger partial charge on any atom is -0.366 e. The third kappa shape index (κ3) is 7.45. The Balaban J connectivity index is 4.12. The number of nitrogens with zero attached hydrogens (tertiary/aromatic N) is 1. The van der Waals surface area contributed by atoms with Crippen LogP contribution >= 0.6 is 12.2 Å². The van der Waals surface area contributed by atoms with Crippen LogP contribution in [0.3, 0.4) is 0 Å². The maximum Gasteiger partial charge on any atom is 0.136 e. The van der Waals surface area contributed by atoms with Crippen LogP contribution in [0.25, 0.3) is 0 Å². The second-order valence-electron chi connectivity index (χ2n) is 4.03. The molecule has 0 amide bonds. The average Bonchev–Trinajstić information content (AvgIpc) is 2.10. The number of carbonyl (C=O) groups excluding carboxylic acids is 1. The van der Waals surface area contributed by atoms with Crippen molar-refractivity contribution in [3.05, 3.63) is 0 Å². The predicted molar refractivity (Wildman–Crippen MR) is 68.0 cm³/mol. The number of hydrogen-bond donors (Lipinski definition) is 1. The summed E-state index contributed by atoms with van der Waals surface area (Å²) < 4.78 is 0. The van der Waals surface area contributed by atoms with Gasteiger partial charge in [-0.05, 0) is 26.7 Å². The summed E-state index contributed by atoms with van der Waals surface area (Å²) in [5.74, 6) is 0.127. The highest BCUT2D eigenvalue weighted by molar-refractivity contribution is 7.80. The summed E-state index contributed by atoms with van der Waals surface area (Å²) in [6.07, 6.45) is 2.34. The molecule has 1 atom stereocenters. The van der Waals surface area contributed by atoms with E-state index in [9.17, 15) is 4.79 Å². The van der Waals surface area contributed by atoms with E-state index in [-0.39, 0.29) is 11.8 Å². The first-order valence-corrected chi connectivity index (χ1v) is 5.91. The van der Waals surface area contributed by atoms with Crippen molar-refractivity contribution in [2.24, 2.45) is 5.73 Å². The lowest BCUT2D eigenvalue weighted by Gasteiger charge is -2.25. The molecule has 0 fully saturated rings. The van der Waals surface area contributed by atoms with E-state index in [1.54, 1.807) is 6.92 Å². The molecular weight excluding hydrogens is 208 g/mol. The fourth-order valence-electron chi connectivity index (χ4n) is 1.32. The summed E-state index contributed by atoms with van der Waals surface area (Å²) in [6.45, 7) is 7.44. The summed E-state index contributed by atoms with van der Waals surface area (Å²) in [5, 5.41) is 0. The predicted octanol–water partition coefficient (Wildman–Crippen LogP) is 1.74. The largest absolute Gasteiger partial charge is 0.366 e. The van der Waals surface area contributed by atoms with Crippen molar-refractivity contribution >= 4 is 23.0 Å². The van der Waals surface area contributed by atoms with Gasteiger partial charge < -0.3 is 10.6 Å². The van der Waals surface area contributed by atoms with Gasteiger partial charge in [-0.3, -0.25) is 4.79 Å². The van der Waals surface area contributed by atoms with E-state index in [2.05, 4.69) is 11.8 Å². The molecule has 0 aliphatic carbocycles. The Hall–Kier alpha value is -0.480. The summed E-state index contributed by atoms with van der Waals surface area (Å²) in [5.41, 5.74) is 5.70. The van der Waals surface area contributed by atoms with E-state index in [1.807, 2.05) is 6.92 Å². The van der Waals surface area contributed by atoms with Crippen molar-refractivity contribution in [1.82, 2.24) is 4.90 Å². The maximum atomic E-state index is 11.0. The van der Waals surface area contributed by atoms with Gasteiger partial charge in [-0.25, -0.2) is 0 Å². The molecule has 3 nitrogen and oxygen atoms in total. The van der Waals surface area contributed by atoms with Crippen LogP contribution in [0.15, 0.2) is 0 Å². The minimum atomic E-state index is 0.127. The van der Waals surface area contributed by atoms with Gasteiger partial charge in [-0.15, -0.1) is 0 Å². The molecule has 0 aromatic carbocycles. The summed E-state index contributed by atoms with van der Waals surface area (Å²) in [7, 11) is 0. The molecule has 2 N–H and O–H groups in total. The Morgan fingerprint density at radius 3 is 2.47 bits per heavy atom. The number of carbonyl (C=O) groups is 1. The van der Waals surface area contributed by atoms with E-state index < -0.39 is 0 Å². The molecular formula is C11H22N2OS. The van der Waals surface area contributed by atoms with Crippen molar-refractivity contribution < 1.29 is 4.79 Å². The quantitative estimate of drug-likeness (QED) is 0.677. The first kappa shape index (κ1) is 14.5. The third-order valence-electron chi connectivity index (χ3n) is 2.10. The molecule has 0 rings (SSSR count). The van der Waals surface area contributed by atoms with Gasteiger partial charge in [0.05, 0.1) is 11.4 Å². The molecule has 88 valence electrons. The highest BCUT2D eigenvalue weighted by Crippen LogP contribution is 2.02. The number of Topliss-reactive ketones (excluding diaryl/α,β-unsaturated/α-hetero) is 1. The van der Waals surface area contributed by atoms with Crippen molar-refractivity contribution in [2.45, 2.75) is 46.1 Å². The lowest BCUT2D eigenvalue weighted by molar-refractivity contribution is -0.115. The molecule has 0 radical (unpaired) electrons. The minimum absolute atomic E-state index is 0.127. The summed E-state index contributed by atoms with van der Waals surface area (Å²) in [4.78, 5) is 13.8. The van der Waals surface area contributed by atoms with Gasteiger partial charge in [0.1, 0.15) is 5.78 Å². The Morgan fingerprint density at radius 1 is 1.47 bits per heavy atom. The molecule has 0 spiro atoms. The van der Waals surface area contributed by atoms with E-state index in [4.69, 9.17) is 18.0 Å². The lowest BCUT2D eigenvalue weighted by Crippen LogP contribution is -2.35. The average molecular weight is 230 g/mol. The van der Waals surface area contributed by atoms with Crippen LogP contribution in [0.2, 0.25) is 0 Å². The molecule has 0 aliphatic heterocycles. The molecule has 15 heavy (non-hydrogen) atoms. The Kier molecular flexibility index (Phi) is 7.52. The monoisotopic (exact) mass is 230 g/mol. The van der Waals surface area contributed by atoms with E-state index in [0.29, 0.717) is 6.42 Å². The topological polar surface area (TPSA) is 46.3 Å². The Morgan fingerprint density at radius 2 is 2.07 bits per heavy atom. The third-order valence-corrected chi connectivity index (χ3v) is 2.50. The van der Waals surface area contributed by atoms with Crippen molar-refractivity contribution in [1.29, 1.82) is 0 Å². The molecule has 0 saturated carbocycles. The zero-order chi connectivity index (χ0) is 11.8. The van der Waals surface area contributed by atoms with Gasteiger partial charge in [0.2, 0.25) is 0 Å². The number of ketones is 1. The second-order valence-corrected chi connectivity index (χ2v) is 4.50. The van der Waals surface area contributed by atoms with Crippen LogP contribution in [-0.2, 0) is 4.79 Å². The lowest BCUT2D eigenvalue weighted by atomic mass is 10.2. The SMILES string of the molecule is CCCN(CCC(C)N)C(=S)CC(C)=O. The standard InChI is InChI=1S/C11H22N2OS/c1-4-6-13(7-5-9(2)12)11(15)8-10(3)14/h9H,4-8,12H2,1-3H3. The molecule has 0 aliphatic rings. The van der Waals surface area contributed by atoms with Crippen LogP contribution in [0.4, 0.5) is 0 Å². The molecule has 0 bridgehead atoms. The number of rotatable bonds is 7. The fourth-order valence-corrected chi connectivity index (χ4v) is 1.70. The normalized spacial score (nSPS) is 12.3. The van der Waals surface area contributed by atoms with E-state index >= 15 is 0 Å². The first-order chi connectivity index (χ1) is 6.97. The van der Waals surface area contributed by atoms with Gasteiger partial charge in [-0.2, -0.15) is 0 Å². The summed E-state index contributed by atoms with van der Waals surface area (Å²) in [6, 6.07) is 0.185. The van der Waals surface area contributed by atoms with Crippen LogP contribution in [0, 0.1) is 0 Å². The van der Waals surface area contributed by atoms with Crippen molar-refractivity contribution in [3.8, 4) is 0 Å². The zero-order valence-electron chi connectivity index (χ0n) is 9.95. The van der Waals surface area contributed by atoms with Crippen LogP contribution < -0.4 is 5.73 Å². The summed E-state index contributed by atoms with van der Waals surface area (Å²) >= 11 is 5.23. The second kappa shape index (κ2) is 7.77. The van der Waals surface area contributed by atoms with E-state index in [1.165, 1.54) is 0 Å². The van der Waals surface area contributed by atoms with Crippen LogP contribution in [0.1, 0.15) is 40.0 Å². The molecule has 1 unspecified atom stereocenters.